The molecule has 118 valence electrons. The summed E-state index contributed by atoms with van der Waals surface area (Å²) in [6, 6.07) is 3.69. The van der Waals surface area contributed by atoms with Gasteiger partial charge in [0.05, 0.1) is 5.60 Å². The molecule has 1 aromatic rings. The largest absolute Gasteiger partial charge is 0.390 e. The van der Waals surface area contributed by atoms with Crippen molar-refractivity contribution in [2.45, 2.75) is 51.7 Å². The molecule has 2 unspecified atom stereocenters. The number of hydrogen-bond donors (Lipinski definition) is 2. The van der Waals surface area contributed by atoms with Crippen LogP contribution < -0.4 is 10.2 Å². The highest BCUT2D eigenvalue weighted by molar-refractivity contribution is 5.57. The van der Waals surface area contributed by atoms with Crippen LogP contribution in [0.2, 0.25) is 0 Å². The Bertz CT molecular complexity index is 502. The molecule has 2 atom stereocenters. The lowest BCUT2D eigenvalue weighted by atomic mass is 9.98. The summed E-state index contributed by atoms with van der Waals surface area (Å²) in [7, 11) is 1.89. The van der Waals surface area contributed by atoms with E-state index in [4.69, 9.17) is 0 Å². The van der Waals surface area contributed by atoms with E-state index in [0.717, 1.165) is 43.6 Å². The van der Waals surface area contributed by atoms with Crippen LogP contribution in [0.4, 0.5) is 10.1 Å². The Morgan fingerprint density at radius 2 is 2.05 bits per heavy atom. The first-order valence-electron chi connectivity index (χ1n) is 7.79. The van der Waals surface area contributed by atoms with Gasteiger partial charge in [-0.3, -0.25) is 0 Å². The van der Waals surface area contributed by atoms with Crippen LogP contribution in [0.15, 0.2) is 12.1 Å². The Labute approximate surface area is 127 Å². The van der Waals surface area contributed by atoms with Crippen LogP contribution in [-0.2, 0) is 0 Å². The number of nitrogens with zero attached hydrogens (tertiary/aromatic N) is 1. The van der Waals surface area contributed by atoms with Crippen molar-refractivity contribution in [3.8, 4) is 0 Å². The maximum absolute atomic E-state index is 13.9. The third-order valence-corrected chi connectivity index (χ3v) is 4.61. The third-order valence-electron chi connectivity index (χ3n) is 4.61. The molecule has 0 spiro atoms. The zero-order valence-electron chi connectivity index (χ0n) is 13.5. The summed E-state index contributed by atoms with van der Waals surface area (Å²) in [6.07, 6.45) is 2.52. The predicted molar refractivity (Wildman–Crippen MR) is 85.3 cm³/mol. The van der Waals surface area contributed by atoms with Crippen LogP contribution >= 0.6 is 0 Å². The maximum atomic E-state index is 13.9. The van der Waals surface area contributed by atoms with E-state index < -0.39 is 5.60 Å². The van der Waals surface area contributed by atoms with E-state index in [1.165, 1.54) is 0 Å². The molecular formula is C17H27FN2O. The van der Waals surface area contributed by atoms with Gasteiger partial charge < -0.3 is 15.3 Å². The fraction of sp³-hybridized carbons (Fsp3) is 0.647. The first-order chi connectivity index (χ1) is 9.84. The average molecular weight is 294 g/mol. The van der Waals surface area contributed by atoms with Gasteiger partial charge in [-0.05, 0) is 70.3 Å². The minimum Gasteiger partial charge on any atom is -0.390 e. The molecule has 3 nitrogen and oxygen atoms in total. The summed E-state index contributed by atoms with van der Waals surface area (Å²) in [5.74, 6) is -0.155. The van der Waals surface area contributed by atoms with Crippen LogP contribution in [0.1, 0.15) is 50.3 Å². The van der Waals surface area contributed by atoms with Crippen molar-refractivity contribution in [1.29, 1.82) is 0 Å². The third kappa shape index (κ3) is 3.74. The molecule has 0 bridgehead atoms. The fourth-order valence-electron chi connectivity index (χ4n) is 2.96. The number of rotatable bonds is 3. The van der Waals surface area contributed by atoms with Crippen molar-refractivity contribution >= 4 is 5.69 Å². The van der Waals surface area contributed by atoms with Crippen molar-refractivity contribution in [1.82, 2.24) is 5.32 Å². The van der Waals surface area contributed by atoms with Crippen LogP contribution in [0.3, 0.4) is 0 Å². The molecule has 1 saturated heterocycles. The number of halogens is 1. The molecule has 1 aromatic carbocycles. The highest BCUT2D eigenvalue weighted by Gasteiger charge is 2.26. The molecule has 4 heteroatoms. The Hall–Kier alpha value is -1.13. The number of anilines is 1. The normalized spacial score (nSPS) is 24.8. The molecule has 21 heavy (non-hydrogen) atoms. The van der Waals surface area contributed by atoms with Gasteiger partial charge in [0.25, 0.3) is 0 Å². The smallest absolute Gasteiger partial charge is 0.126 e. The van der Waals surface area contributed by atoms with Crippen LogP contribution in [0.25, 0.3) is 0 Å². The Balaban J connectivity index is 2.35. The molecule has 0 saturated carbocycles. The second-order valence-corrected chi connectivity index (χ2v) is 6.51. The lowest BCUT2D eigenvalue weighted by Gasteiger charge is -2.29. The topological polar surface area (TPSA) is 35.5 Å². The van der Waals surface area contributed by atoms with Gasteiger partial charge in [0.15, 0.2) is 0 Å². The molecule has 1 aliphatic rings. The zero-order valence-corrected chi connectivity index (χ0v) is 13.5. The van der Waals surface area contributed by atoms with E-state index >= 15 is 0 Å². The van der Waals surface area contributed by atoms with Crippen molar-refractivity contribution < 1.29 is 9.50 Å². The van der Waals surface area contributed by atoms with Gasteiger partial charge in [0.2, 0.25) is 0 Å². The lowest BCUT2D eigenvalue weighted by Crippen LogP contribution is -2.30. The number of aliphatic hydroxyl groups is 1. The highest BCUT2D eigenvalue weighted by atomic mass is 19.1. The van der Waals surface area contributed by atoms with E-state index in [9.17, 15) is 9.50 Å². The van der Waals surface area contributed by atoms with Gasteiger partial charge in [-0.25, -0.2) is 4.39 Å². The predicted octanol–water partition coefficient (Wildman–Crippen LogP) is 3.16. The van der Waals surface area contributed by atoms with Gasteiger partial charge in [-0.15, -0.1) is 0 Å². The fourth-order valence-corrected chi connectivity index (χ4v) is 2.96. The summed E-state index contributed by atoms with van der Waals surface area (Å²) in [5.41, 5.74) is 2.17. The van der Waals surface area contributed by atoms with Gasteiger partial charge in [0, 0.05) is 24.8 Å². The summed E-state index contributed by atoms with van der Waals surface area (Å²) in [6.45, 7) is 7.47. The standard InChI is InChI=1S/C17H27FN2O/c1-12-10-16(14(11-15(12)18)13(2)19-4)20-8-5-6-17(3,21)7-9-20/h10-11,13,19,21H,5-9H2,1-4H3. The summed E-state index contributed by atoms with van der Waals surface area (Å²) in [4.78, 5) is 2.29. The van der Waals surface area contributed by atoms with E-state index in [1.807, 2.05) is 27.0 Å². The summed E-state index contributed by atoms with van der Waals surface area (Å²) >= 11 is 0. The second-order valence-electron chi connectivity index (χ2n) is 6.51. The SMILES string of the molecule is CNC(C)c1cc(F)c(C)cc1N1CCCC(C)(O)CC1. The van der Waals surface area contributed by atoms with Crippen LogP contribution in [-0.4, -0.2) is 30.8 Å². The number of aryl methyl sites for hydroxylation is 1. The number of nitrogens with one attached hydrogen (secondary N) is 1. The van der Waals surface area contributed by atoms with Gasteiger partial charge in [0.1, 0.15) is 5.82 Å². The zero-order chi connectivity index (χ0) is 15.6. The van der Waals surface area contributed by atoms with E-state index in [1.54, 1.807) is 13.0 Å². The van der Waals surface area contributed by atoms with E-state index in [-0.39, 0.29) is 11.9 Å². The van der Waals surface area contributed by atoms with Crippen LogP contribution in [0, 0.1) is 12.7 Å². The first kappa shape index (κ1) is 16.2. The second kappa shape index (κ2) is 6.32. The monoisotopic (exact) mass is 294 g/mol. The van der Waals surface area contributed by atoms with Crippen molar-refractivity contribution in [3.63, 3.8) is 0 Å². The number of hydrogen-bond acceptors (Lipinski definition) is 3. The quantitative estimate of drug-likeness (QED) is 0.899. The molecular weight excluding hydrogens is 267 g/mol. The molecule has 0 radical (unpaired) electrons. The number of benzene rings is 1. The average Bonchev–Trinajstić information content (AvgIpc) is 2.61. The molecule has 2 N–H and O–H groups in total. The van der Waals surface area contributed by atoms with Crippen molar-refractivity contribution in [3.05, 3.63) is 29.1 Å². The van der Waals surface area contributed by atoms with Crippen molar-refractivity contribution in [2.75, 3.05) is 25.0 Å². The minimum atomic E-state index is -0.585. The molecule has 0 amide bonds. The Morgan fingerprint density at radius 1 is 1.33 bits per heavy atom. The lowest BCUT2D eigenvalue weighted by molar-refractivity contribution is 0.0481. The van der Waals surface area contributed by atoms with E-state index in [0.29, 0.717) is 5.56 Å². The van der Waals surface area contributed by atoms with Gasteiger partial charge in [-0.1, -0.05) is 0 Å². The van der Waals surface area contributed by atoms with Gasteiger partial charge >= 0.3 is 0 Å². The molecule has 0 aromatic heterocycles. The summed E-state index contributed by atoms with van der Waals surface area (Å²) in [5, 5.41) is 13.4. The van der Waals surface area contributed by atoms with Gasteiger partial charge in [-0.2, -0.15) is 0 Å². The molecule has 1 heterocycles. The summed E-state index contributed by atoms with van der Waals surface area (Å²) < 4.78 is 13.9. The Kier molecular flexibility index (Phi) is 4.89. The molecule has 1 fully saturated rings. The minimum absolute atomic E-state index is 0.0962. The maximum Gasteiger partial charge on any atom is 0.126 e. The van der Waals surface area contributed by atoms with E-state index in [2.05, 4.69) is 10.2 Å². The van der Waals surface area contributed by atoms with Crippen molar-refractivity contribution in [2.24, 2.45) is 0 Å². The Morgan fingerprint density at radius 3 is 2.71 bits per heavy atom. The molecule has 0 aliphatic carbocycles. The first-order valence-corrected chi connectivity index (χ1v) is 7.79. The van der Waals surface area contributed by atoms with Crippen LogP contribution in [0.5, 0.6) is 0 Å². The highest BCUT2D eigenvalue weighted by Crippen LogP contribution is 2.32. The molecule has 1 aliphatic heterocycles. The molecule has 2 rings (SSSR count).